The van der Waals surface area contributed by atoms with E-state index in [1.165, 1.54) is 11.6 Å². The van der Waals surface area contributed by atoms with E-state index in [1.54, 1.807) is 12.3 Å². The van der Waals surface area contributed by atoms with Crippen LogP contribution >= 0.6 is 0 Å². The molecule has 1 aliphatic heterocycles. The van der Waals surface area contributed by atoms with Gasteiger partial charge in [-0.1, -0.05) is 18.2 Å². The zero-order valence-electron chi connectivity index (χ0n) is 11.9. The summed E-state index contributed by atoms with van der Waals surface area (Å²) in [5, 5.41) is 3.27. The van der Waals surface area contributed by atoms with E-state index in [0.29, 0.717) is 5.88 Å². The zero-order valence-corrected chi connectivity index (χ0v) is 11.9. The minimum Gasteiger partial charge on any atom is -0.435 e. The maximum atomic E-state index is 13.9. The maximum absolute atomic E-state index is 13.9. The molecule has 21 heavy (non-hydrogen) atoms. The molecule has 0 amide bonds. The fourth-order valence-corrected chi connectivity index (χ4v) is 2.43. The maximum Gasteiger partial charge on any atom is 0.226 e. The predicted molar refractivity (Wildman–Crippen MR) is 80.9 cm³/mol. The van der Waals surface area contributed by atoms with Gasteiger partial charge in [-0.25, -0.2) is 9.37 Å². The Balaban J connectivity index is 1.98. The van der Waals surface area contributed by atoms with Gasteiger partial charge in [-0.3, -0.25) is 0 Å². The molecule has 0 spiro atoms. The minimum atomic E-state index is -0.370. The molecule has 1 aromatic heterocycles. The van der Waals surface area contributed by atoms with Crippen LogP contribution in [-0.2, 0) is 0 Å². The second-order valence-corrected chi connectivity index (χ2v) is 5.03. The van der Waals surface area contributed by atoms with Crippen molar-refractivity contribution in [3.63, 3.8) is 0 Å². The first-order valence-corrected chi connectivity index (χ1v) is 7.04. The van der Waals surface area contributed by atoms with E-state index in [0.717, 1.165) is 30.6 Å². The lowest BCUT2D eigenvalue weighted by Gasteiger charge is -2.17. The highest BCUT2D eigenvalue weighted by Gasteiger charge is 2.15. The average Bonchev–Trinajstić information content (AvgIpc) is 2.52. The van der Waals surface area contributed by atoms with Crippen LogP contribution < -0.4 is 10.1 Å². The van der Waals surface area contributed by atoms with E-state index in [9.17, 15) is 4.39 Å². The first kappa shape index (κ1) is 13.8. The zero-order chi connectivity index (χ0) is 14.7. The number of ether oxygens (including phenoxy) is 1. The van der Waals surface area contributed by atoms with Gasteiger partial charge in [0.1, 0.15) is 0 Å². The Kier molecular flexibility index (Phi) is 3.97. The molecule has 1 aliphatic rings. The number of hydrogen-bond donors (Lipinski definition) is 1. The number of rotatable bonds is 3. The van der Waals surface area contributed by atoms with Gasteiger partial charge in [0.05, 0.1) is 0 Å². The number of nitrogens with zero attached hydrogens (tertiary/aromatic N) is 1. The van der Waals surface area contributed by atoms with Crippen molar-refractivity contribution in [3.8, 4) is 11.6 Å². The van der Waals surface area contributed by atoms with Crippen LogP contribution in [0.2, 0.25) is 0 Å². The van der Waals surface area contributed by atoms with Crippen molar-refractivity contribution in [2.24, 2.45) is 0 Å². The molecular weight excluding hydrogens is 267 g/mol. The monoisotopic (exact) mass is 284 g/mol. The second kappa shape index (κ2) is 6.06. The Morgan fingerprint density at radius 3 is 2.90 bits per heavy atom. The van der Waals surface area contributed by atoms with Crippen LogP contribution in [0.1, 0.15) is 17.5 Å². The smallest absolute Gasteiger partial charge is 0.226 e. The molecule has 2 heterocycles. The van der Waals surface area contributed by atoms with Gasteiger partial charge in [0, 0.05) is 18.3 Å². The molecular formula is C17H17FN2O. The summed E-state index contributed by atoms with van der Waals surface area (Å²) in [5.74, 6) is 0.330. The Morgan fingerprint density at radius 1 is 1.24 bits per heavy atom. The lowest BCUT2D eigenvalue weighted by Crippen LogP contribution is -2.20. The fourth-order valence-electron chi connectivity index (χ4n) is 2.43. The number of hydrogen-bond acceptors (Lipinski definition) is 3. The highest BCUT2D eigenvalue weighted by Crippen LogP contribution is 2.33. The SMILES string of the molecule is Cc1cccc(F)c1Oc1ncccc1C1=CCNCC1. The number of pyridine rings is 1. The second-order valence-electron chi connectivity index (χ2n) is 5.03. The van der Waals surface area contributed by atoms with Gasteiger partial charge in [0.15, 0.2) is 11.6 Å². The lowest BCUT2D eigenvalue weighted by atomic mass is 10.0. The van der Waals surface area contributed by atoms with Gasteiger partial charge in [-0.2, -0.15) is 0 Å². The molecule has 4 heteroatoms. The van der Waals surface area contributed by atoms with E-state index in [1.807, 2.05) is 25.1 Å². The normalized spacial score (nSPS) is 14.7. The summed E-state index contributed by atoms with van der Waals surface area (Å²) in [6.45, 7) is 3.59. The topological polar surface area (TPSA) is 34.1 Å². The molecule has 0 fully saturated rings. The predicted octanol–water partition coefficient (Wildman–Crippen LogP) is 3.70. The summed E-state index contributed by atoms with van der Waals surface area (Å²) in [4.78, 5) is 4.28. The molecule has 2 aromatic rings. The van der Waals surface area contributed by atoms with Crippen molar-refractivity contribution in [1.29, 1.82) is 0 Å². The van der Waals surface area contributed by atoms with E-state index in [-0.39, 0.29) is 11.6 Å². The van der Waals surface area contributed by atoms with E-state index >= 15 is 0 Å². The van der Waals surface area contributed by atoms with Gasteiger partial charge in [0.25, 0.3) is 0 Å². The first-order valence-electron chi connectivity index (χ1n) is 7.04. The van der Waals surface area contributed by atoms with Crippen molar-refractivity contribution in [3.05, 3.63) is 59.5 Å². The Hall–Kier alpha value is -2.20. The van der Waals surface area contributed by atoms with Gasteiger partial charge >= 0.3 is 0 Å². The summed E-state index contributed by atoms with van der Waals surface area (Å²) in [5.41, 5.74) is 2.87. The minimum absolute atomic E-state index is 0.243. The van der Waals surface area contributed by atoms with Crippen molar-refractivity contribution >= 4 is 5.57 Å². The van der Waals surface area contributed by atoms with Crippen LogP contribution in [0.4, 0.5) is 4.39 Å². The van der Waals surface area contributed by atoms with Crippen molar-refractivity contribution in [2.75, 3.05) is 13.1 Å². The molecule has 0 aliphatic carbocycles. The molecule has 0 saturated carbocycles. The quantitative estimate of drug-likeness (QED) is 0.933. The number of nitrogens with one attached hydrogen (secondary N) is 1. The molecule has 0 radical (unpaired) electrons. The van der Waals surface area contributed by atoms with Crippen LogP contribution in [0.15, 0.2) is 42.6 Å². The largest absolute Gasteiger partial charge is 0.435 e. The van der Waals surface area contributed by atoms with Gasteiger partial charge in [0.2, 0.25) is 5.88 Å². The molecule has 108 valence electrons. The first-order chi connectivity index (χ1) is 10.3. The van der Waals surface area contributed by atoms with Crippen LogP contribution in [0.3, 0.4) is 0 Å². The van der Waals surface area contributed by atoms with Crippen LogP contribution in [0.25, 0.3) is 5.57 Å². The summed E-state index contributed by atoms with van der Waals surface area (Å²) < 4.78 is 19.7. The molecule has 0 bridgehead atoms. The van der Waals surface area contributed by atoms with Crippen LogP contribution in [0.5, 0.6) is 11.6 Å². The number of aromatic nitrogens is 1. The number of para-hydroxylation sites is 1. The summed E-state index contributed by atoms with van der Waals surface area (Å²) in [6, 6.07) is 8.74. The Morgan fingerprint density at radius 2 is 2.14 bits per heavy atom. The highest BCUT2D eigenvalue weighted by molar-refractivity contribution is 5.70. The van der Waals surface area contributed by atoms with Gasteiger partial charge in [-0.05, 0) is 49.2 Å². The third kappa shape index (κ3) is 2.95. The standard InChI is InChI=1S/C17H17FN2O/c1-12-4-2-6-15(18)16(12)21-17-14(5-3-9-20-17)13-7-10-19-11-8-13/h2-7,9,19H,8,10-11H2,1H3. The molecule has 3 nitrogen and oxygen atoms in total. The Bertz CT molecular complexity index is 662. The molecule has 3 rings (SSSR count). The average molecular weight is 284 g/mol. The molecule has 1 N–H and O–H groups in total. The molecule has 1 aromatic carbocycles. The molecule has 0 atom stereocenters. The summed E-state index contributed by atoms with van der Waals surface area (Å²) >= 11 is 0. The molecule has 0 saturated heterocycles. The summed E-state index contributed by atoms with van der Waals surface area (Å²) in [6.07, 6.45) is 4.70. The van der Waals surface area contributed by atoms with Crippen LogP contribution in [-0.4, -0.2) is 18.1 Å². The van der Waals surface area contributed by atoms with E-state index < -0.39 is 0 Å². The van der Waals surface area contributed by atoms with Crippen LogP contribution in [0, 0.1) is 12.7 Å². The Labute approximate surface area is 123 Å². The van der Waals surface area contributed by atoms with Crippen molar-refractivity contribution < 1.29 is 9.13 Å². The van der Waals surface area contributed by atoms with E-state index in [4.69, 9.17) is 4.74 Å². The van der Waals surface area contributed by atoms with Gasteiger partial charge in [-0.15, -0.1) is 0 Å². The molecule has 0 unspecified atom stereocenters. The number of halogens is 1. The van der Waals surface area contributed by atoms with Crippen molar-refractivity contribution in [1.82, 2.24) is 10.3 Å². The van der Waals surface area contributed by atoms with E-state index in [2.05, 4.69) is 16.4 Å². The van der Waals surface area contributed by atoms with Gasteiger partial charge < -0.3 is 10.1 Å². The summed E-state index contributed by atoms with van der Waals surface area (Å²) in [7, 11) is 0. The number of aryl methyl sites for hydroxylation is 1. The third-order valence-corrected chi connectivity index (χ3v) is 3.54. The van der Waals surface area contributed by atoms with Crippen molar-refractivity contribution in [2.45, 2.75) is 13.3 Å². The highest BCUT2D eigenvalue weighted by atomic mass is 19.1. The third-order valence-electron chi connectivity index (χ3n) is 3.54. The fraction of sp³-hybridized carbons (Fsp3) is 0.235. The number of benzene rings is 1. The lowest BCUT2D eigenvalue weighted by molar-refractivity contribution is 0.422.